The van der Waals surface area contributed by atoms with E-state index in [2.05, 4.69) is 10.2 Å². The summed E-state index contributed by atoms with van der Waals surface area (Å²) in [5.41, 5.74) is 0. The first-order valence-electron chi connectivity index (χ1n) is 7.38. The van der Waals surface area contributed by atoms with E-state index in [1.807, 2.05) is 0 Å². The summed E-state index contributed by atoms with van der Waals surface area (Å²) in [6.07, 6.45) is 9.49. The second kappa shape index (κ2) is 7.34. The van der Waals surface area contributed by atoms with Crippen LogP contribution in [0.5, 0.6) is 0 Å². The lowest BCUT2D eigenvalue weighted by Gasteiger charge is -2.39. The molecule has 2 heterocycles. The highest BCUT2D eigenvalue weighted by molar-refractivity contribution is 4.90. The Hall–Kier alpha value is -0.120. The maximum atomic E-state index is 5.13. The summed E-state index contributed by atoms with van der Waals surface area (Å²) in [5.74, 6) is 0. The molecule has 17 heavy (non-hydrogen) atoms. The van der Waals surface area contributed by atoms with Gasteiger partial charge in [-0.05, 0) is 58.2 Å². The van der Waals surface area contributed by atoms with E-state index in [0.29, 0.717) is 0 Å². The van der Waals surface area contributed by atoms with E-state index >= 15 is 0 Å². The molecule has 0 aromatic heterocycles. The average molecular weight is 240 g/mol. The van der Waals surface area contributed by atoms with Crippen LogP contribution in [-0.2, 0) is 4.74 Å². The molecule has 0 aliphatic carbocycles. The lowest BCUT2D eigenvalue weighted by atomic mass is 9.94. The minimum Gasteiger partial charge on any atom is -0.385 e. The number of piperidine rings is 1. The molecular weight excluding hydrogens is 212 g/mol. The highest BCUT2D eigenvalue weighted by Gasteiger charge is 2.30. The fraction of sp³-hybridized carbons (Fsp3) is 1.00. The Morgan fingerprint density at radius 1 is 1.18 bits per heavy atom. The third-order valence-electron chi connectivity index (χ3n) is 4.27. The summed E-state index contributed by atoms with van der Waals surface area (Å²) in [6, 6.07) is 1.59. The zero-order valence-corrected chi connectivity index (χ0v) is 11.3. The fourth-order valence-corrected chi connectivity index (χ4v) is 3.35. The Bertz CT molecular complexity index is 204. The molecule has 0 aromatic rings. The van der Waals surface area contributed by atoms with Gasteiger partial charge >= 0.3 is 0 Å². The van der Waals surface area contributed by atoms with Gasteiger partial charge in [-0.2, -0.15) is 0 Å². The van der Waals surface area contributed by atoms with E-state index in [4.69, 9.17) is 4.74 Å². The van der Waals surface area contributed by atoms with Crippen LogP contribution in [0.4, 0.5) is 0 Å². The van der Waals surface area contributed by atoms with Gasteiger partial charge in [-0.1, -0.05) is 6.42 Å². The molecule has 0 bridgehead atoms. The van der Waals surface area contributed by atoms with Crippen LogP contribution < -0.4 is 5.32 Å². The van der Waals surface area contributed by atoms with Crippen LogP contribution in [-0.4, -0.2) is 50.3 Å². The van der Waals surface area contributed by atoms with Gasteiger partial charge in [0.05, 0.1) is 0 Å². The van der Waals surface area contributed by atoms with Gasteiger partial charge in [-0.25, -0.2) is 0 Å². The largest absolute Gasteiger partial charge is 0.385 e. The van der Waals surface area contributed by atoms with Crippen molar-refractivity contribution in [3.8, 4) is 0 Å². The zero-order chi connectivity index (χ0) is 11.9. The molecule has 100 valence electrons. The lowest BCUT2D eigenvalue weighted by Crippen LogP contribution is -2.50. The molecule has 3 heteroatoms. The molecule has 0 amide bonds. The van der Waals surface area contributed by atoms with Gasteiger partial charge in [-0.3, -0.25) is 4.90 Å². The van der Waals surface area contributed by atoms with Crippen molar-refractivity contribution in [1.82, 2.24) is 10.2 Å². The predicted molar refractivity (Wildman–Crippen MR) is 71.3 cm³/mol. The molecule has 0 saturated carbocycles. The topological polar surface area (TPSA) is 24.5 Å². The Labute approximate surface area is 106 Å². The number of likely N-dealkylation sites (tertiary alicyclic amines) is 1. The van der Waals surface area contributed by atoms with Crippen molar-refractivity contribution >= 4 is 0 Å². The van der Waals surface area contributed by atoms with Crippen molar-refractivity contribution in [3.05, 3.63) is 0 Å². The number of rotatable bonds is 6. The van der Waals surface area contributed by atoms with Gasteiger partial charge in [0, 0.05) is 25.8 Å². The normalized spacial score (nSPS) is 30.9. The number of ether oxygens (including phenoxy) is 1. The Balaban J connectivity index is 1.75. The van der Waals surface area contributed by atoms with E-state index in [9.17, 15) is 0 Å². The first kappa shape index (κ1) is 13.3. The number of methoxy groups -OCH3 is 1. The second-order valence-corrected chi connectivity index (χ2v) is 5.50. The number of nitrogens with one attached hydrogen (secondary N) is 1. The maximum Gasteiger partial charge on any atom is 0.0462 e. The van der Waals surface area contributed by atoms with Crippen molar-refractivity contribution in [3.63, 3.8) is 0 Å². The van der Waals surface area contributed by atoms with E-state index in [1.165, 1.54) is 64.6 Å². The van der Waals surface area contributed by atoms with Crippen LogP contribution in [0.25, 0.3) is 0 Å². The highest BCUT2D eigenvalue weighted by atomic mass is 16.5. The SMILES string of the molecule is COCCCCN1CCCCC1C1CCCN1. The molecule has 0 spiro atoms. The predicted octanol–water partition coefficient (Wildman–Crippen LogP) is 2.02. The van der Waals surface area contributed by atoms with Crippen molar-refractivity contribution < 1.29 is 4.74 Å². The first-order valence-corrected chi connectivity index (χ1v) is 7.38. The monoisotopic (exact) mass is 240 g/mol. The smallest absolute Gasteiger partial charge is 0.0462 e. The lowest BCUT2D eigenvalue weighted by molar-refractivity contribution is 0.112. The molecule has 1 N–H and O–H groups in total. The quantitative estimate of drug-likeness (QED) is 0.719. The van der Waals surface area contributed by atoms with Crippen LogP contribution in [0.15, 0.2) is 0 Å². The van der Waals surface area contributed by atoms with E-state index in [1.54, 1.807) is 7.11 Å². The minimum atomic E-state index is 0.776. The fourth-order valence-electron chi connectivity index (χ4n) is 3.35. The van der Waals surface area contributed by atoms with Gasteiger partial charge < -0.3 is 10.1 Å². The molecular formula is C14H28N2O. The molecule has 3 nitrogen and oxygen atoms in total. The molecule has 2 aliphatic rings. The van der Waals surface area contributed by atoms with Crippen molar-refractivity contribution in [2.24, 2.45) is 0 Å². The summed E-state index contributed by atoms with van der Waals surface area (Å²) in [4.78, 5) is 2.74. The zero-order valence-electron chi connectivity index (χ0n) is 11.3. The van der Waals surface area contributed by atoms with Gasteiger partial charge in [0.15, 0.2) is 0 Å². The van der Waals surface area contributed by atoms with E-state index in [-0.39, 0.29) is 0 Å². The standard InChI is InChI=1S/C14H28N2O/c1-17-12-5-4-11-16-10-3-2-8-14(16)13-7-6-9-15-13/h13-15H,2-12H2,1H3. The Morgan fingerprint density at radius 2 is 2.12 bits per heavy atom. The summed E-state index contributed by atoms with van der Waals surface area (Å²) in [6.45, 7) is 4.74. The Kier molecular flexibility index (Phi) is 5.75. The molecule has 0 radical (unpaired) electrons. The van der Waals surface area contributed by atoms with Gasteiger partial charge in [0.2, 0.25) is 0 Å². The number of unbranched alkanes of at least 4 members (excludes halogenated alkanes) is 1. The summed E-state index contributed by atoms with van der Waals surface area (Å²) < 4.78 is 5.13. The molecule has 2 aliphatic heterocycles. The van der Waals surface area contributed by atoms with Gasteiger partial charge in [0.25, 0.3) is 0 Å². The molecule has 2 fully saturated rings. The summed E-state index contributed by atoms with van der Waals surface area (Å²) in [7, 11) is 1.80. The average Bonchev–Trinajstić information content (AvgIpc) is 2.89. The number of nitrogens with zero attached hydrogens (tertiary/aromatic N) is 1. The molecule has 2 saturated heterocycles. The van der Waals surface area contributed by atoms with Crippen LogP contribution >= 0.6 is 0 Å². The van der Waals surface area contributed by atoms with Crippen LogP contribution in [0, 0.1) is 0 Å². The minimum absolute atomic E-state index is 0.776. The first-order chi connectivity index (χ1) is 8.42. The third kappa shape index (κ3) is 3.94. The van der Waals surface area contributed by atoms with E-state index < -0.39 is 0 Å². The Morgan fingerprint density at radius 3 is 2.88 bits per heavy atom. The molecule has 0 aromatic carbocycles. The van der Waals surface area contributed by atoms with Crippen molar-refractivity contribution in [2.75, 3.05) is 33.4 Å². The van der Waals surface area contributed by atoms with Crippen LogP contribution in [0.1, 0.15) is 44.9 Å². The van der Waals surface area contributed by atoms with Gasteiger partial charge in [0.1, 0.15) is 0 Å². The summed E-state index contributed by atoms with van der Waals surface area (Å²) in [5, 5.41) is 3.69. The van der Waals surface area contributed by atoms with Crippen molar-refractivity contribution in [2.45, 2.75) is 57.0 Å². The molecule has 2 rings (SSSR count). The second-order valence-electron chi connectivity index (χ2n) is 5.50. The highest BCUT2D eigenvalue weighted by Crippen LogP contribution is 2.24. The number of hydrogen-bond acceptors (Lipinski definition) is 3. The summed E-state index contributed by atoms with van der Waals surface area (Å²) >= 11 is 0. The maximum absolute atomic E-state index is 5.13. The number of hydrogen-bond donors (Lipinski definition) is 1. The van der Waals surface area contributed by atoms with Crippen LogP contribution in [0.3, 0.4) is 0 Å². The molecule has 2 unspecified atom stereocenters. The van der Waals surface area contributed by atoms with Crippen molar-refractivity contribution in [1.29, 1.82) is 0 Å². The van der Waals surface area contributed by atoms with E-state index in [0.717, 1.165) is 18.7 Å². The molecule has 2 atom stereocenters. The van der Waals surface area contributed by atoms with Crippen LogP contribution in [0.2, 0.25) is 0 Å². The van der Waals surface area contributed by atoms with Gasteiger partial charge in [-0.15, -0.1) is 0 Å². The third-order valence-corrected chi connectivity index (χ3v) is 4.27.